The lowest BCUT2D eigenvalue weighted by Crippen LogP contribution is -2.48. The molecule has 3 heteroatoms. The molecule has 118 valence electrons. The van der Waals surface area contributed by atoms with Gasteiger partial charge in [-0.25, -0.2) is 0 Å². The maximum Gasteiger partial charge on any atom is 0.0700 e. The molecule has 0 aliphatic carbocycles. The SMILES string of the molecule is CCC1CN(CC(C)(C)C(NC)c2ccccc2)CCO1. The van der Waals surface area contributed by atoms with Crippen molar-refractivity contribution in [1.29, 1.82) is 0 Å². The van der Waals surface area contributed by atoms with E-state index in [0.29, 0.717) is 12.1 Å². The van der Waals surface area contributed by atoms with Gasteiger partial charge in [-0.05, 0) is 24.4 Å². The lowest BCUT2D eigenvalue weighted by molar-refractivity contribution is -0.0426. The Balaban J connectivity index is 2.05. The van der Waals surface area contributed by atoms with Crippen molar-refractivity contribution in [3.05, 3.63) is 35.9 Å². The first kappa shape index (κ1) is 16.5. The Morgan fingerprint density at radius 3 is 2.67 bits per heavy atom. The Kier molecular flexibility index (Phi) is 5.80. The van der Waals surface area contributed by atoms with Crippen LogP contribution in [0, 0.1) is 5.41 Å². The van der Waals surface area contributed by atoms with E-state index in [9.17, 15) is 0 Å². The highest BCUT2D eigenvalue weighted by Crippen LogP contribution is 2.34. The van der Waals surface area contributed by atoms with Crippen molar-refractivity contribution in [3.8, 4) is 0 Å². The average Bonchev–Trinajstić information content (AvgIpc) is 2.48. The van der Waals surface area contributed by atoms with Crippen LogP contribution in [0.15, 0.2) is 30.3 Å². The van der Waals surface area contributed by atoms with Crippen molar-refractivity contribution in [1.82, 2.24) is 10.2 Å². The van der Waals surface area contributed by atoms with Gasteiger partial charge in [-0.15, -0.1) is 0 Å². The molecule has 1 aromatic rings. The van der Waals surface area contributed by atoms with Crippen LogP contribution in [0.5, 0.6) is 0 Å². The first-order chi connectivity index (χ1) is 10.1. The van der Waals surface area contributed by atoms with Crippen LogP contribution in [0.1, 0.15) is 38.8 Å². The molecular formula is C18H30N2O. The molecule has 1 aliphatic rings. The van der Waals surface area contributed by atoms with Crippen LogP contribution in [-0.4, -0.2) is 44.3 Å². The minimum Gasteiger partial charge on any atom is -0.376 e. The normalized spacial score (nSPS) is 22.2. The second kappa shape index (κ2) is 7.39. The predicted octanol–water partition coefficient (Wildman–Crippen LogP) is 3.08. The van der Waals surface area contributed by atoms with E-state index >= 15 is 0 Å². The molecule has 2 rings (SSSR count). The molecule has 1 aromatic carbocycles. The van der Waals surface area contributed by atoms with Crippen LogP contribution in [0.4, 0.5) is 0 Å². The maximum absolute atomic E-state index is 5.79. The highest BCUT2D eigenvalue weighted by molar-refractivity contribution is 5.21. The fourth-order valence-corrected chi connectivity index (χ4v) is 3.49. The van der Waals surface area contributed by atoms with Gasteiger partial charge in [-0.3, -0.25) is 4.90 Å². The minimum absolute atomic E-state index is 0.172. The van der Waals surface area contributed by atoms with Gasteiger partial charge in [0, 0.05) is 25.7 Å². The highest BCUT2D eigenvalue weighted by atomic mass is 16.5. The van der Waals surface area contributed by atoms with Gasteiger partial charge in [0.15, 0.2) is 0 Å². The Hall–Kier alpha value is -0.900. The lowest BCUT2D eigenvalue weighted by Gasteiger charge is -2.41. The highest BCUT2D eigenvalue weighted by Gasteiger charge is 2.33. The van der Waals surface area contributed by atoms with Gasteiger partial charge in [0.2, 0.25) is 0 Å². The topological polar surface area (TPSA) is 24.5 Å². The van der Waals surface area contributed by atoms with E-state index in [1.54, 1.807) is 0 Å². The third kappa shape index (κ3) is 4.29. The number of nitrogens with one attached hydrogen (secondary N) is 1. The summed E-state index contributed by atoms with van der Waals surface area (Å²) in [7, 11) is 2.06. The van der Waals surface area contributed by atoms with Crippen molar-refractivity contribution < 1.29 is 4.74 Å². The third-order valence-corrected chi connectivity index (χ3v) is 4.51. The number of hydrogen-bond donors (Lipinski definition) is 1. The first-order valence-corrected chi connectivity index (χ1v) is 8.13. The zero-order valence-electron chi connectivity index (χ0n) is 13.9. The predicted molar refractivity (Wildman–Crippen MR) is 88.5 cm³/mol. The Labute approximate surface area is 129 Å². The number of benzene rings is 1. The van der Waals surface area contributed by atoms with Crippen LogP contribution in [-0.2, 0) is 4.74 Å². The summed E-state index contributed by atoms with van der Waals surface area (Å²) in [5, 5.41) is 3.52. The average molecular weight is 290 g/mol. The standard InChI is InChI=1S/C18H30N2O/c1-5-16-13-20(11-12-21-16)14-18(2,3)17(19-4)15-9-7-6-8-10-15/h6-10,16-17,19H,5,11-14H2,1-4H3. The Morgan fingerprint density at radius 1 is 1.33 bits per heavy atom. The van der Waals surface area contributed by atoms with Gasteiger partial charge in [0.1, 0.15) is 0 Å². The molecule has 0 amide bonds. The fourth-order valence-electron chi connectivity index (χ4n) is 3.49. The van der Waals surface area contributed by atoms with Crippen molar-refractivity contribution in [2.24, 2.45) is 5.41 Å². The molecule has 1 heterocycles. The van der Waals surface area contributed by atoms with Crippen molar-refractivity contribution >= 4 is 0 Å². The van der Waals surface area contributed by atoms with Gasteiger partial charge >= 0.3 is 0 Å². The lowest BCUT2D eigenvalue weighted by atomic mass is 9.79. The molecule has 21 heavy (non-hydrogen) atoms. The zero-order chi connectivity index (χ0) is 15.3. The van der Waals surface area contributed by atoms with Crippen LogP contribution >= 0.6 is 0 Å². The quantitative estimate of drug-likeness (QED) is 0.871. The summed E-state index contributed by atoms with van der Waals surface area (Å²) in [6.45, 7) is 11.0. The van der Waals surface area contributed by atoms with Gasteiger partial charge in [-0.2, -0.15) is 0 Å². The summed E-state index contributed by atoms with van der Waals surface area (Å²) in [6.07, 6.45) is 1.50. The monoisotopic (exact) mass is 290 g/mol. The van der Waals surface area contributed by atoms with E-state index in [1.807, 2.05) is 0 Å². The second-order valence-electron chi connectivity index (χ2n) is 6.76. The molecule has 0 radical (unpaired) electrons. The number of morpholine rings is 1. The molecule has 1 N–H and O–H groups in total. The van der Waals surface area contributed by atoms with Crippen molar-refractivity contribution in [3.63, 3.8) is 0 Å². The number of hydrogen-bond acceptors (Lipinski definition) is 3. The fraction of sp³-hybridized carbons (Fsp3) is 0.667. The van der Waals surface area contributed by atoms with E-state index in [-0.39, 0.29) is 5.41 Å². The summed E-state index contributed by atoms with van der Waals surface area (Å²) in [4.78, 5) is 2.56. The molecule has 0 bridgehead atoms. The Bertz CT molecular complexity index is 418. The summed E-state index contributed by atoms with van der Waals surface area (Å²) >= 11 is 0. The molecular weight excluding hydrogens is 260 g/mol. The Morgan fingerprint density at radius 2 is 2.05 bits per heavy atom. The van der Waals surface area contributed by atoms with Gasteiger partial charge in [0.05, 0.1) is 12.7 Å². The van der Waals surface area contributed by atoms with Gasteiger partial charge < -0.3 is 10.1 Å². The number of nitrogens with zero attached hydrogens (tertiary/aromatic N) is 1. The van der Waals surface area contributed by atoms with Crippen LogP contribution in [0.3, 0.4) is 0 Å². The molecule has 0 saturated carbocycles. The third-order valence-electron chi connectivity index (χ3n) is 4.51. The van der Waals surface area contributed by atoms with Gasteiger partial charge in [0.25, 0.3) is 0 Å². The largest absolute Gasteiger partial charge is 0.376 e. The second-order valence-corrected chi connectivity index (χ2v) is 6.76. The van der Waals surface area contributed by atoms with Crippen LogP contribution < -0.4 is 5.32 Å². The summed E-state index contributed by atoms with van der Waals surface area (Å²) in [6, 6.07) is 11.1. The van der Waals surface area contributed by atoms with E-state index in [0.717, 1.165) is 32.7 Å². The smallest absolute Gasteiger partial charge is 0.0700 e. The zero-order valence-corrected chi connectivity index (χ0v) is 13.9. The molecule has 2 atom stereocenters. The molecule has 0 spiro atoms. The van der Waals surface area contributed by atoms with E-state index in [4.69, 9.17) is 4.74 Å². The van der Waals surface area contributed by atoms with Crippen LogP contribution in [0.25, 0.3) is 0 Å². The summed E-state index contributed by atoms with van der Waals surface area (Å²) < 4.78 is 5.79. The molecule has 1 aliphatic heterocycles. The summed E-state index contributed by atoms with van der Waals surface area (Å²) in [5.74, 6) is 0. The molecule has 3 nitrogen and oxygen atoms in total. The van der Waals surface area contributed by atoms with Crippen LogP contribution in [0.2, 0.25) is 0 Å². The van der Waals surface area contributed by atoms with E-state index in [2.05, 4.69) is 68.4 Å². The molecule has 0 aromatic heterocycles. The van der Waals surface area contributed by atoms with E-state index in [1.165, 1.54) is 5.56 Å². The minimum atomic E-state index is 0.172. The van der Waals surface area contributed by atoms with Crippen molar-refractivity contribution in [2.45, 2.75) is 39.3 Å². The van der Waals surface area contributed by atoms with Gasteiger partial charge in [-0.1, -0.05) is 51.1 Å². The number of ether oxygens (including phenoxy) is 1. The van der Waals surface area contributed by atoms with Crippen molar-refractivity contribution in [2.75, 3.05) is 33.3 Å². The maximum atomic E-state index is 5.79. The molecule has 1 saturated heterocycles. The summed E-state index contributed by atoms with van der Waals surface area (Å²) in [5.41, 5.74) is 1.54. The first-order valence-electron chi connectivity index (χ1n) is 8.13. The van der Waals surface area contributed by atoms with E-state index < -0.39 is 0 Å². The number of rotatable bonds is 6. The molecule has 2 unspecified atom stereocenters. The molecule has 1 fully saturated rings.